The van der Waals surface area contributed by atoms with Crippen LogP contribution >= 0.6 is 0 Å². The summed E-state index contributed by atoms with van der Waals surface area (Å²) in [7, 11) is 0. The zero-order valence-electron chi connectivity index (χ0n) is 13.0. The number of amides is 2. The molecule has 1 aromatic rings. The van der Waals surface area contributed by atoms with Crippen LogP contribution in [0.4, 0.5) is 0 Å². The minimum absolute atomic E-state index is 0.163. The highest BCUT2D eigenvalue weighted by Crippen LogP contribution is 2.32. The third kappa shape index (κ3) is 3.72. The molecule has 0 N–H and O–H groups in total. The molecular weight excluding hydrogens is 262 g/mol. The van der Waals surface area contributed by atoms with Gasteiger partial charge in [0, 0.05) is 12.1 Å². The molecule has 2 atom stereocenters. The third-order valence-electron chi connectivity index (χ3n) is 4.79. The predicted molar refractivity (Wildman–Crippen MR) is 84.0 cm³/mol. The number of carbonyl (C=O) groups is 2. The van der Waals surface area contributed by atoms with E-state index >= 15 is 0 Å². The van der Waals surface area contributed by atoms with Crippen molar-refractivity contribution in [3.63, 3.8) is 0 Å². The van der Waals surface area contributed by atoms with E-state index in [-0.39, 0.29) is 5.91 Å². The lowest BCUT2D eigenvalue weighted by Gasteiger charge is -2.33. The molecule has 1 aliphatic carbocycles. The van der Waals surface area contributed by atoms with Gasteiger partial charge in [0.05, 0.1) is 0 Å². The highest BCUT2D eigenvalue weighted by atomic mass is 16.2. The van der Waals surface area contributed by atoms with Gasteiger partial charge in [0.2, 0.25) is 6.41 Å². The van der Waals surface area contributed by atoms with Crippen LogP contribution in [0.15, 0.2) is 24.3 Å². The number of hydrogen-bond donors (Lipinski definition) is 0. The molecule has 2 rings (SSSR count). The maximum Gasteiger partial charge on any atom is 0.260 e. The SMILES string of the molecule is CCC1CCCCC1CN(C=O)C(=O)c1ccccc1C. The molecule has 114 valence electrons. The van der Waals surface area contributed by atoms with E-state index in [9.17, 15) is 9.59 Å². The van der Waals surface area contributed by atoms with Crippen LogP contribution in [-0.2, 0) is 4.79 Å². The predicted octanol–water partition coefficient (Wildman–Crippen LogP) is 3.81. The van der Waals surface area contributed by atoms with E-state index in [0.29, 0.717) is 30.4 Å². The highest BCUT2D eigenvalue weighted by Gasteiger charge is 2.28. The van der Waals surface area contributed by atoms with Crippen molar-refractivity contribution in [1.29, 1.82) is 0 Å². The summed E-state index contributed by atoms with van der Waals surface area (Å²) in [5.74, 6) is 0.941. The van der Waals surface area contributed by atoms with Crippen LogP contribution in [0.5, 0.6) is 0 Å². The Morgan fingerprint density at radius 2 is 1.90 bits per heavy atom. The van der Waals surface area contributed by atoms with E-state index in [4.69, 9.17) is 0 Å². The monoisotopic (exact) mass is 287 g/mol. The number of aryl methyl sites for hydroxylation is 1. The standard InChI is InChI=1S/C18H25NO2/c1-3-15-9-5-6-10-16(15)12-19(13-20)18(21)17-11-7-4-8-14(17)2/h4,7-8,11,13,15-16H,3,5-6,9-10,12H2,1-2H3. The molecule has 0 saturated heterocycles. The minimum atomic E-state index is -0.163. The van der Waals surface area contributed by atoms with Crippen molar-refractivity contribution in [1.82, 2.24) is 4.90 Å². The van der Waals surface area contributed by atoms with Crippen molar-refractivity contribution < 1.29 is 9.59 Å². The summed E-state index contributed by atoms with van der Waals surface area (Å²) in [6.07, 6.45) is 6.69. The molecule has 1 saturated carbocycles. The molecule has 0 aliphatic heterocycles. The number of imide groups is 1. The third-order valence-corrected chi connectivity index (χ3v) is 4.79. The van der Waals surface area contributed by atoms with Crippen molar-refractivity contribution >= 4 is 12.3 Å². The Morgan fingerprint density at radius 1 is 1.24 bits per heavy atom. The number of benzene rings is 1. The summed E-state index contributed by atoms with van der Waals surface area (Å²) in [6, 6.07) is 7.46. The molecule has 3 nitrogen and oxygen atoms in total. The van der Waals surface area contributed by atoms with Gasteiger partial charge in [0.15, 0.2) is 0 Å². The van der Waals surface area contributed by atoms with Crippen molar-refractivity contribution in [2.75, 3.05) is 6.54 Å². The van der Waals surface area contributed by atoms with Gasteiger partial charge < -0.3 is 0 Å². The van der Waals surface area contributed by atoms with Crippen molar-refractivity contribution in [2.24, 2.45) is 11.8 Å². The van der Waals surface area contributed by atoms with Gasteiger partial charge in [0.25, 0.3) is 5.91 Å². The Labute approximate surface area is 127 Å². The topological polar surface area (TPSA) is 37.4 Å². The van der Waals surface area contributed by atoms with Crippen LogP contribution in [0.2, 0.25) is 0 Å². The van der Waals surface area contributed by atoms with Crippen LogP contribution in [-0.4, -0.2) is 23.8 Å². The van der Waals surface area contributed by atoms with Gasteiger partial charge in [-0.2, -0.15) is 0 Å². The minimum Gasteiger partial charge on any atom is -0.281 e. The summed E-state index contributed by atoms with van der Waals surface area (Å²) in [5, 5.41) is 0. The van der Waals surface area contributed by atoms with Crippen LogP contribution < -0.4 is 0 Å². The van der Waals surface area contributed by atoms with E-state index in [1.807, 2.05) is 25.1 Å². The van der Waals surface area contributed by atoms with Gasteiger partial charge in [-0.15, -0.1) is 0 Å². The second-order valence-electron chi connectivity index (χ2n) is 6.09. The molecule has 1 aliphatic rings. The molecule has 0 spiro atoms. The Bertz CT molecular complexity index is 498. The molecule has 3 heteroatoms. The summed E-state index contributed by atoms with van der Waals surface area (Å²) in [5.41, 5.74) is 1.55. The van der Waals surface area contributed by atoms with E-state index in [1.54, 1.807) is 6.07 Å². The van der Waals surface area contributed by atoms with Crippen molar-refractivity contribution in [3.8, 4) is 0 Å². The smallest absolute Gasteiger partial charge is 0.260 e. The maximum atomic E-state index is 12.6. The molecule has 2 unspecified atom stereocenters. The average Bonchev–Trinajstić information content (AvgIpc) is 2.52. The molecule has 0 aromatic heterocycles. The van der Waals surface area contributed by atoms with Gasteiger partial charge in [0.1, 0.15) is 0 Å². The Balaban J connectivity index is 2.10. The highest BCUT2D eigenvalue weighted by molar-refractivity contribution is 6.00. The van der Waals surface area contributed by atoms with E-state index in [2.05, 4.69) is 6.92 Å². The second-order valence-corrected chi connectivity index (χ2v) is 6.09. The first-order valence-electron chi connectivity index (χ1n) is 7.99. The fourth-order valence-electron chi connectivity index (χ4n) is 3.46. The van der Waals surface area contributed by atoms with Crippen LogP contribution in [0.1, 0.15) is 54.9 Å². The summed E-state index contributed by atoms with van der Waals surface area (Å²) in [4.78, 5) is 25.3. The Hall–Kier alpha value is -1.64. The number of hydrogen-bond acceptors (Lipinski definition) is 2. The lowest BCUT2D eigenvalue weighted by atomic mass is 9.77. The number of nitrogens with zero attached hydrogens (tertiary/aromatic N) is 1. The first kappa shape index (κ1) is 15.7. The zero-order valence-corrected chi connectivity index (χ0v) is 13.0. The number of carbonyl (C=O) groups excluding carboxylic acids is 2. The van der Waals surface area contributed by atoms with Crippen molar-refractivity contribution in [3.05, 3.63) is 35.4 Å². The van der Waals surface area contributed by atoms with Gasteiger partial charge in [-0.05, 0) is 36.8 Å². The van der Waals surface area contributed by atoms with Gasteiger partial charge >= 0.3 is 0 Å². The molecule has 0 heterocycles. The molecule has 21 heavy (non-hydrogen) atoms. The maximum absolute atomic E-state index is 12.6. The lowest BCUT2D eigenvalue weighted by molar-refractivity contribution is -0.116. The normalized spacial score (nSPS) is 21.8. The second kappa shape index (κ2) is 7.39. The summed E-state index contributed by atoms with van der Waals surface area (Å²) >= 11 is 0. The fraction of sp³-hybridized carbons (Fsp3) is 0.556. The van der Waals surface area contributed by atoms with E-state index in [1.165, 1.54) is 24.2 Å². The van der Waals surface area contributed by atoms with Crippen LogP contribution in [0.3, 0.4) is 0 Å². The summed E-state index contributed by atoms with van der Waals surface area (Å²) in [6.45, 7) is 4.68. The fourth-order valence-corrected chi connectivity index (χ4v) is 3.46. The van der Waals surface area contributed by atoms with E-state index < -0.39 is 0 Å². The Morgan fingerprint density at radius 3 is 2.52 bits per heavy atom. The van der Waals surface area contributed by atoms with Crippen LogP contribution in [0, 0.1) is 18.8 Å². The molecule has 1 aromatic carbocycles. The quantitative estimate of drug-likeness (QED) is 0.772. The Kier molecular flexibility index (Phi) is 5.54. The largest absolute Gasteiger partial charge is 0.281 e. The zero-order chi connectivity index (χ0) is 15.2. The molecule has 0 bridgehead atoms. The first-order valence-corrected chi connectivity index (χ1v) is 7.99. The van der Waals surface area contributed by atoms with Gasteiger partial charge in [-0.3, -0.25) is 14.5 Å². The lowest BCUT2D eigenvalue weighted by Crippen LogP contribution is -2.38. The molecular formula is C18H25NO2. The van der Waals surface area contributed by atoms with Gasteiger partial charge in [-0.1, -0.05) is 50.8 Å². The number of rotatable bonds is 5. The van der Waals surface area contributed by atoms with Gasteiger partial charge in [-0.25, -0.2) is 0 Å². The molecule has 0 radical (unpaired) electrons. The van der Waals surface area contributed by atoms with E-state index in [0.717, 1.165) is 18.4 Å². The molecule has 1 fully saturated rings. The molecule has 2 amide bonds. The van der Waals surface area contributed by atoms with Crippen molar-refractivity contribution in [2.45, 2.75) is 46.0 Å². The van der Waals surface area contributed by atoms with Crippen LogP contribution in [0.25, 0.3) is 0 Å². The average molecular weight is 287 g/mol. The summed E-state index contributed by atoms with van der Waals surface area (Å²) < 4.78 is 0. The first-order chi connectivity index (χ1) is 10.2.